The summed E-state index contributed by atoms with van der Waals surface area (Å²) in [5, 5.41) is 0. The Morgan fingerprint density at radius 3 is 2.75 bits per heavy atom. The highest BCUT2D eigenvalue weighted by Gasteiger charge is 2.24. The van der Waals surface area contributed by atoms with Crippen LogP contribution in [-0.4, -0.2) is 25.6 Å². The zero-order valence-electron chi connectivity index (χ0n) is 7.66. The van der Waals surface area contributed by atoms with Gasteiger partial charge in [-0.25, -0.2) is 0 Å². The van der Waals surface area contributed by atoms with Crippen LogP contribution in [0.1, 0.15) is 20.3 Å². The van der Waals surface area contributed by atoms with Crippen LogP contribution in [0.5, 0.6) is 0 Å². The van der Waals surface area contributed by atoms with Crippen molar-refractivity contribution >= 4 is 0 Å². The average molecular weight is 172 g/mol. The molecule has 0 N–H and O–H groups in total. The van der Waals surface area contributed by atoms with Crippen molar-refractivity contribution < 1.29 is 14.2 Å². The fraction of sp³-hybridized carbons (Fsp3) is 0.778. The van der Waals surface area contributed by atoms with Crippen molar-refractivity contribution in [2.24, 2.45) is 0 Å². The largest absolute Gasteiger partial charge is 0.470 e. The molecule has 0 amide bonds. The van der Waals surface area contributed by atoms with Crippen LogP contribution in [-0.2, 0) is 14.2 Å². The number of ether oxygens (including phenoxy) is 3. The van der Waals surface area contributed by atoms with Gasteiger partial charge < -0.3 is 14.2 Å². The van der Waals surface area contributed by atoms with E-state index in [0.29, 0.717) is 13.2 Å². The first kappa shape index (κ1) is 9.55. The number of rotatable bonds is 4. The minimum Gasteiger partial charge on any atom is -0.470 e. The highest BCUT2D eigenvalue weighted by Crippen LogP contribution is 2.15. The molecular weight excluding hydrogens is 156 g/mol. The normalized spacial score (nSPS) is 28.5. The lowest BCUT2D eigenvalue weighted by Gasteiger charge is -2.27. The maximum Gasteiger partial charge on any atom is 0.225 e. The molecule has 0 aromatic carbocycles. The molecule has 0 saturated carbocycles. The van der Waals surface area contributed by atoms with Crippen LogP contribution >= 0.6 is 0 Å². The highest BCUT2D eigenvalue weighted by molar-refractivity contribution is 4.86. The summed E-state index contributed by atoms with van der Waals surface area (Å²) in [6, 6.07) is 0. The molecule has 0 aromatic rings. The van der Waals surface area contributed by atoms with Crippen LogP contribution in [0.3, 0.4) is 0 Å². The summed E-state index contributed by atoms with van der Waals surface area (Å²) in [6.07, 6.45) is 4.34. The third-order valence-corrected chi connectivity index (χ3v) is 1.69. The molecule has 70 valence electrons. The predicted octanol–water partition coefficient (Wildman–Crippen LogP) is 1.69. The van der Waals surface area contributed by atoms with E-state index in [4.69, 9.17) is 14.2 Å². The van der Waals surface area contributed by atoms with Gasteiger partial charge in [-0.2, -0.15) is 0 Å². The maximum absolute atomic E-state index is 5.45. The first-order chi connectivity index (χ1) is 5.88. The summed E-state index contributed by atoms with van der Waals surface area (Å²) in [6.45, 7) is 5.28. The Hall–Kier alpha value is -0.540. The van der Waals surface area contributed by atoms with Gasteiger partial charge in [0.1, 0.15) is 6.10 Å². The SMILES string of the molecule is CCOC1CC=COC1OCC. The fourth-order valence-electron chi connectivity index (χ4n) is 1.19. The molecule has 2 unspecified atom stereocenters. The van der Waals surface area contributed by atoms with Crippen molar-refractivity contribution in [2.45, 2.75) is 32.7 Å². The molecule has 0 saturated heterocycles. The summed E-state index contributed by atoms with van der Waals surface area (Å²) in [5.41, 5.74) is 0. The standard InChI is InChI=1S/C9H16O3/c1-3-10-8-6-5-7-12-9(8)11-4-2/h5,7-9H,3-4,6H2,1-2H3. The zero-order valence-corrected chi connectivity index (χ0v) is 7.66. The fourth-order valence-corrected chi connectivity index (χ4v) is 1.19. The summed E-state index contributed by atoms with van der Waals surface area (Å²) in [5.74, 6) is 0. The van der Waals surface area contributed by atoms with Crippen LogP contribution in [0.15, 0.2) is 12.3 Å². The van der Waals surface area contributed by atoms with E-state index in [1.54, 1.807) is 6.26 Å². The van der Waals surface area contributed by atoms with Gasteiger partial charge in [-0.1, -0.05) is 0 Å². The monoisotopic (exact) mass is 172 g/mol. The Balaban J connectivity index is 2.39. The van der Waals surface area contributed by atoms with Gasteiger partial charge >= 0.3 is 0 Å². The van der Waals surface area contributed by atoms with Gasteiger partial charge in [-0.15, -0.1) is 0 Å². The van der Waals surface area contributed by atoms with Crippen molar-refractivity contribution in [1.29, 1.82) is 0 Å². The van der Waals surface area contributed by atoms with E-state index >= 15 is 0 Å². The molecule has 1 aliphatic rings. The van der Waals surface area contributed by atoms with Gasteiger partial charge in [0.2, 0.25) is 6.29 Å². The molecule has 3 nitrogen and oxygen atoms in total. The number of hydrogen-bond acceptors (Lipinski definition) is 3. The predicted molar refractivity (Wildman–Crippen MR) is 45.7 cm³/mol. The van der Waals surface area contributed by atoms with Gasteiger partial charge in [0, 0.05) is 19.6 Å². The lowest BCUT2D eigenvalue weighted by Crippen LogP contribution is -2.34. The van der Waals surface area contributed by atoms with Crippen molar-refractivity contribution in [3.05, 3.63) is 12.3 Å². The smallest absolute Gasteiger partial charge is 0.225 e. The van der Waals surface area contributed by atoms with E-state index in [-0.39, 0.29) is 12.4 Å². The molecule has 3 heteroatoms. The molecule has 1 heterocycles. The Labute approximate surface area is 73.3 Å². The molecule has 0 bridgehead atoms. The molecule has 0 aromatic heterocycles. The van der Waals surface area contributed by atoms with Gasteiger partial charge in [0.15, 0.2) is 0 Å². The summed E-state index contributed by atoms with van der Waals surface area (Å²) >= 11 is 0. The van der Waals surface area contributed by atoms with Gasteiger partial charge in [0.05, 0.1) is 6.26 Å². The molecule has 1 aliphatic heterocycles. The Kier molecular flexibility index (Phi) is 4.11. The quantitative estimate of drug-likeness (QED) is 0.645. The zero-order chi connectivity index (χ0) is 8.81. The minimum atomic E-state index is -0.222. The molecule has 0 spiro atoms. The third-order valence-electron chi connectivity index (χ3n) is 1.69. The van der Waals surface area contributed by atoms with Crippen molar-refractivity contribution in [2.75, 3.05) is 13.2 Å². The second-order valence-electron chi connectivity index (χ2n) is 2.56. The van der Waals surface area contributed by atoms with E-state index < -0.39 is 0 Å². The van der Waals surface area contributed by atoms with Crippen molar-refractivity contribution in [3.63, 3.8) is 0 Å². The second kappa shape index (κ2) is 5.17. The number of hydrogen-bond donors (Lipinski definition) is 0. The van der Waals surface area contributed by atoms with E-state index in [1.807, 2.05) is 19.9 Å². The molecule has 12 heavy (non-hydrogen) atoms. The lowest BCUT2D eigenvalue weighted by molar-refractivity contribution is -0.184. The van der Waals surface area contributed by atoms with Crippen molar-refractivity contribution in [3.8, 4) is 0 Å². The van der Waals surface area contributed by atoms with E-state index in [1.165, 1.54) is 0 Å². The summed E-state index contributed by atoms with van der Waals surface area (Å²) in [7, 11) is 0. The van der Waals surface area contributed by atoms with E-state index in [2.05, 4.69) is 0 Å². The molecule has 1 rings (SSSR count). The highest BCUT2D eigenvalue weighted by atomic mass is 16.7. The van der Waals surface area contributed by atoms with Gasteiger partial charge in [-0.3, -0.25) is 0 Å². The van der Waals surface area contributed by atoms with Gasteiger partial charge in [-0.05, 0) is 19.9 Å². The van der Waals surface area contributed by atoms with Crippen LogP contribution < -0.4 is 0 Å². The molecule has 0 fully saturated rings. The Morgan fingerprint density at radius 1 is 1.33 bits per heavy atom. The molecule has 0 aliphatic carbocycles. The Bertz CT molecular complexity index is 129. The first-order valence-corrected chi connectivity index (χ1v) is 4.42. The van der Waals surface area contributed by atoms with Crippen LogP contribution in [0.2, 0.25) is 0 Å². The average Bonchev–Trinajstić information content (AvgIpc) is 2.09. The maximum atomic E-state index is 5.45. The van der Waals surface area contributed by atoms with E-state index in [9.17, 15) is 0 Å². The van der Waals surface area contributed by atoms with Crippen LogP contribution in [0.25, 0.3) is 0 Å². The van der Waals surface area contributed by atoms with Crippen molar-refractivity contribution in [1.82, 2.24) is 0 Å². The topological polar surface area (TPSA) is 27.7 Å². The molecule has 2 atom stereocenters. The van der Waals surface area contributed by atoms with Gasteiger partial charge in [0.25, 0.3) is 0 Å². The molecule has 0 radical (unpaired) electrons. The van der Waals surface area contributed by atoms with E-state index in [0.717, 1.165) is 6.42 Å². The Morgan fingerprint density at radius 2 is 2.08 bits per heavy atom. The lowest BCUT2D eigenvalue weighted by atomic mass is 10.2. The van der Waals surface area contributed by atoms with Crippen LogP contribution in [0, 0.1) is 0 Å². The molecular formula is C9H16O3. The minimum absolute atomic E-state index is 0.0555. The van der Waals surface area contributed by atoms with Crippen LogP contribution in [0.4, 0.5) is 0 Å². The summed E-state index contributed by atoms with van der Waals surface area (Å²) < 4.78 is 16.1. The first-order valence-electron chi connectivity index (χ1n) is 4.42. The summed E-state index contributed by atoms with van der Waals surface area (Å²) in [4.78, 5) is 0. The third kappa shape index (κ3) is 2.50. The second-order valence-corrected chi connectivity index (χ2v) is 2.56.